The second kappa shape index (κ2) is 9.43. The van der Waals surface area contributed by atoms with Crippen molar-refractivity contribution in [1.82, 2.24) is 5.32 Å². The summed E-state index contributed by atoms with van der Waals surface area (Å²) in [7, 11) is 0. The van der Waals surface area contributed by atoms with Crippen molar-refractivity contribution < 1.29 is 23.9 Å². The maximum atomic E-state index is 11.9. The number of carbonyl (C=O) groups excluding carboxylic acids is 3. The van der Waals surface area contributed by atoms with Crippen LogP contribution < -0.4 is 15.8 Å². The minimum Gasteiger partial charge on any atom is -0.484 e. The molecule has 7 nitrogen and oxygen atoms in total. The van der Waals surface area contributed by atoms with Gasteiger partial charge in [-0.2, -0.15) is 0 Å². The molecule has 0 aliphatic carbocycles. The van der Waals surface area contributed by atoms with Gasteiger partial charge in [0.05, 0.1) is 5.56 Å². The van der Waals surface area contributed by atoms with Gasteiger partial charge in [0.25, 0.3) is 11.8 Å². The number of hydrogen-bond donors (Lipinski definition) is 2. The van der Waals surface area contributed by atoms with Crippen molar-refractivity contribution in [3.63, 3.8) is 0 Å². The molecule has 0 unspecified atom stereocenters. The molecule has 0 aliphatic rings. The first kappa shape index (κ1) is 19.3. The summed E-state index contributed by atoms with van der Waals surface area (Å²) in [5.41, 5.74) is 6.10. The van der Waals surface area contributed by atoms with Crippen LogP contribution in [0.1, 0.15) is 15.9 Å². The van der Waals surface area contributed by atoms with Crippen molar-refractivity contribution in [3.05, 3.63) is 64.7 Å². The maximum absolute atomic E-state index is 11.9. The highest BCUT2D eigenvalue weighted by Gasteiger charge is 2.10. The van der Waals surface area contributed by atoms with Crippen LogP contribution in [0.2, 0.25) is 5.02 Å². The number of rotatable bonds is 8. The Morgan fingerprint density at radius 3 is 2.23 bits per heavy atom. The predicted molar refractivity (Wildman–Crippen MR) is 94.7 cm³/mol. The zero-order valence-corrected chi connectivity index (χ0v) is 14.5. The van der Waals surface area contributed by atoms with Crippen LogP contribution in [-0.2, 0) is 20.9 Å². The van der Waals surface area contributed by atoms with Crippen molar-refractivity contribution in [2.24, 2.45) is 5.73 Å². The van der Waals surface area contributed by atoms with E-state index in [0.717, 1.165) is 5.56 Å². The van der Waals surface area contributed by atoms with Gasteiger partial charge in [0, 0.05) is 11.6 Å². The second-order valence-corrected chi connectivity index (χ2v) is 5.70. The number of nitrogens with two attached hydrogens (primary N) is 1. The highest BCUT2D eigenvalue weighted by atomic mass is 35.5. The molecule has 0 bridgehead atoms. The number of nitrogens with one attached hydrogen (secondary N) is 1. The van der Waals surface area contributed by atoms with Gasteiger partial charge in [-0.1, -0.05) is 23.7 Å². The number of esters is 1. The Hall–Kier alpha value is -3.06. The van der Waals surface area contributed by atoms with Gasteiger partial charge in [-0.15, -0.1) is 0 Å². The number of benzene rings is 2. The molecule has 8 heteroatoms. The Morgan fingerprint density at radius 1 is 0.962 bits per heavy atom. The fourth-order valence-corrected chi connectivity index (χ4v) is 2.04. The standard InChI is InChI=1S/C18H17ClN2O5/c19-14-5-1-12(2-6-14)9-21-17(23)11-26-18(24)13-3-7-15(8-4-13)25-10-16(20)22/h1-8H,9-11H2,(H2,20,22)(H,21,23). The molecule has 0 heterocycles. The molecule has 26 heavy (non-hydrogen) atoms. The van der Waals surface area contributed by atoms with Crippen LogP contribution in [0.5, 0.6) is 5.75 Å². The van der Waals surface area contributed by atoms with E-state index in [1.54, 1.807) is 24.3 Å². The van der Waals surface area contributed by atoms with Crippen LogP contribution in [0.4, 0.5) is 0 Å². The molecule has 0 radical (unpaired) electrons. The van der Waals surface area contributed by atoms with Gasteiger partial charge in [0.1, 0.15) is 5.75 Å². The zero-order valence-electron chi connectivity index (χ0n) is 13.7. The number of primary amides is 1. The molecule has 0 spiro atoms. The number of ether oxygens (including phenoxy) is 2. The molecule has 0 fully saturated rings. The molecule has 2 amide bonds. The summed E-state index contributed by atoms with van der Waals surface area (Å²) < 4.78 is 10.0. The summed E-state index contributed by atoms with van der Waals surface area (Å²) in [5.74, 6) is -1.28. The average Bonchev–Trinajstić information content (AvgIpc) is 2.64. The lowest BCUT2D eigenvalue weighted by Gasteiger charge is -2.08. The number of amides is 2. The largest absolute Gasteiger partial charge is 0.484 e. The van der Waals surface area contributed by atoms with E-state index in [9.17, 15) is 14.4 Å². The Balaban J connectivity index is 1.75. The van der Waals surface area contributed by atoms with Gasteiger partial charge in [0.15, 0.2) is 13.2 Å². The summed E-state index contributed by atoms with van der Waals surface area (Å²) in [5, 5.41) is 3.25. The molecule has 0 atom stereocenters. The molecule has 2 aromatic rings. The Morgan fingerprint density at radius 2 is 1.62 bits per heavy atom. The van der Waals surface area contributed by atoms with E-state index in [0.29, 0.717) is 17.3 Å². The molecule has 2 rings (SSSR count). The Labute approximate surface area is 155 Å². The fraction of sp³-hybridized carbons (Fsp3) is 0.167. The van der Waals surface area contributed by atoms with Gasteiger partial charge >= 0.3 is 5.97 Å². The van der Waals surface area contributed by atoms with E-state index in [4.69, 9.17) is 26.8 Å². The molecular weight excluding hydrogens is 360 g/mol. The molecule has 2 aromatic carbocycles. The highest BCUT2D eigenvalue weighted by molar-refractivity contribution is 6.30. The second-order valence-electron chi connectivity index (χ2n) is 5.26. The monoisotopic (exact) mass is 376 g/mol. The predicted octanol–water partition coefficient (Wildman–Crippen LogP) is 1.68. The van der Waals surface area contributed by atoms with Crippen molar-refractivity contribution in [2.45, 2.75) is 6.54 Å². The summed E-state index contributed by atoms with van der Waals surface area (Å²) >= 11 is 5.79. The smallest absolute Gasteiger partial charge is 0.338 e. The van der Waals surface area contributed by atoms with E-state index in [-0.39, 0.29) is 12.2 Å². The van der Waals surface area contributed by atoms with Crippen LogP contribution in [0.3, 0.4) is 0 Å². The van der Waals surface area contributed by atoms with Crippen molar-refractivity contribution in [2.75, 3.05) is 13.2 Å². The summed E-state index contributed by atoms with van der Waals surface area (Å²) in [6.45, 7) is -0.344. The fourth-order valence-electron chi connectivity index (χ4n) is 1.91. The minimum atomic E-state index is -0.645. The number of hydrogen-bond acceptors (Lipinski definition) is 5. The van der Waals surface area contributed by atoms with Crippen LogP contribution in [0, 0.1) is 0 Å². The molecule has 136 valence electrons. The lowest BCUT2D eigenvalue weighted by atomic mass is 10.2. The third-order valence-corrected chi connectivity index (χ3v) is 3.46. The van der Waals surface area contributed by atoms with E-state index >= 15 is 0 Å². The van der Waals surface area contributed by atoms with E-state index < -0.39 is 24.4 Å². The number of carbonyl (C=O) groups is 3. The molecule has 0 saturated heterocycles. The molecule has 0 aromatic heterocycles. The normalized spacial score (nSPS) is 10.0. The average molecular weight is 377 g/mol. The van der Waals surface area contributed by atoms with E-state index in [1.807, 2.05) is 0 Å². The first-order chi connectivity index (χ1) is 12.4. The molecule has 3 N–H and O–H groups in total. The van der Waals surface area contributed by atoms with E-state index in [2.05, 4.69) is 5.32 Å². The summed E-state index contributed by atoms with van der Waals surface area (Å²) in [6, 6.07) is 12.9. The summed E-state index contributed by atoms with van der Waals surface area (Å²) in [6.07, 6.45) is 0. The van der Waals surface area contributed by atoms with Crippen LogP contribution in [-0.4, -0.2) is 31.0 Å². The Bertz CT molecular complexity index is 775. The zero-order chi connectivity index (χ0) is 18.9. The SMILES string of the molecule is NC(=O)COc1ccc(C(=O)OCC(=O)NCc2ccc(Cl)cc2)cc1. The molecular formula is C18H17ClN2O5. The third kappa shape index (κ3) is 6.45. The third-order valence-electron chi connectivity index (χ3n) is 3.21. The van der Waals surface area contributed by atoms with Crippen molar-refractivity contribution >= 4 is 29.4 Å². The van der Waals surface area contributed by atoms with Gasteiger partial charge in [-0.05, 0) is 42.0 Å². The molecule has 0 saturated carbocycles. The maximum Gasteiger partial charge on any atom is 0.338 e. The van der Waals surface area contributed by atoms with Crippen molar-refractivity contribution in [3.8, 4) is 5.75 Å². The number of halogens is 1. The first-order valence-electron chi connectivity index (χ1n) is 7.63. The van der Waals surface area contributed by atoms with Gasteiger partial charge in [0.2, 0.25) is 0 Å². The topological polar surface area (TPSA) is 108 Å². The highest BCUT2D eigenvalue weighted by Crippen LogP contribution is 2.13. The van der Waals surface area contributed by atoms with Gasteiger partial charge in [-0.25, -0.2) is 4.79 Å². The van der Waals surface area contributed by atoms with Crippen molar-refractivity contribution in [1.29, 1.82) is 0 Å². The first-order valence-corrected chi connectivity index (χ1v) is 8.01. The van der Waals surface area contributed by atoms with E-state index in [1.165, 1.54) is 24.3 Å². The summed E-state index contributed by atoms with van der Waals surface area (Å²) in [4.78, 5) is 34.3. The Kier molecular flexibility index (Phi) is 6.99. The lowest BCUT2D eigenvalue weighted by Crippen LogP contribution is -2.28. The molecule has 0 aliphatic heterocycles. The lowest BCUT2D eigenvalue weighted by molar-refractivity contribution is -0.124. The minimum absolute atomic E-state index is 0.252. The van der Waals surface area contributed by atoms with Gasteiger partial charge in [-0.3, -0.25) is 9.59 Å². The van der Waals surface area contributed by atoms with Crippen LogP contribution in [0.15, 0.2) is 48.5 Å². The van der Waals surface area contributed by atoms with Crippen LogP contribution >= 0.6 is 11.6 Å². The van der Waals surface area contributed by atoms with Gasteiger partial charge < -0.3 is 20.5 Å². The quantitative estimate of drug-likeness (QED) is 0.681. The van der Waals surface area contributed by atoms with Crippen LogP contribution in [0.25, 0.3) is 0 Å².